The first-order chi connectivity index (χ1) is 26.2. The van der Waals surface area contributed by atoms with Crippen LogP contribution in [-0.2, 0) is 0 Å². The molecular weight excluding hydrogens is 649 g/mol. The van der Waals surface area contributed by atoms with Crippen molar-refractivity contribution in [1.82, 2.24) is 4.98 Å². The lowest BCUT2D eigenvalue weighted by Gasteiger charge is -2.26. The van der Waals surface area contributed by atoms with Crippen LogP contribution < -0.4 is 4.90 Å². The molecule has 248 valence electrons. The van der Waals surface area contributed by atoms with Crippen LogP contribution in [0.25, 0.3) is 87.9 Å². The van der Waals surface area contributed by atoms with E-state index in [0.717, 1.165) is 99.1 Å². The SMILES string of the molecule is c1ccc(N(c2ccc(-c3ccc4oc5ccccc5c4c3)cc2)c2ccc3ccc4ccc5nc(-c6cccc7ccccc67)oc5c4c3c2)cc1. The van der Waals surface area contributed by atoms with E-state index in [9.17, 15) is 0 Å². The highest BCUT2D eigenvalue weighted by Crippen LogP contribution is 2.41. The van der Waals surface area contributed by atoms with Crippen LogP contribution in [0.3, 0.4) is 0 Å². The van der Waals surface area contributed by atoms with Crippen LogP contribution >= 0.6 is 0 Å². The highest BCUT2D eigenvalue weighted by molar-refractivity contribution is 6.19. The van der Waals surface area contributed by atoms with Crippen molar-refractivity contribution in [3.05, 3.63) is 182 Å². The van der Waals surface area contributed by atoms with Gasteiger partial charge >= 0.3 is 0 Å². The van der Waals surface area contributed by atoms with Crippen molar-refractivity contribution in [2.24, 2.45) is 0 Å². The van der Waals surface area contributed by atoms with Crippen LogP contribution in [0.2, 0.25) is 0 Å². The molecule has 2 aromatic heterocycles. The average molecular weight is 679 g/mol. The molecule has 4 nitrogen and oxygen atoms in total. The lowest BCUT2D eigenvalue weighted by molar-refractivity contribution is 0.624. The second-order valence-electron chi connectivity index (χ2n) is 13.6. The van der Waals surface area contributed by atoms with E-state index in [0.29, 0.717) is 5.89 Å². The first kappa shape index (κ1) is 29.5. The number of furan rings is 1. The summed E-state index contributed by atoms with van der Waals surface area (Å²) in [5.74, 6) is 0.628. The van der Waals surface area contributed by atoms with E-state index in [2.05, 4.69) is 175 Å². The van der Waals surface area contributed by atoms with Crippen molar-refractivity contribution in [3.63, 3.8) is 0 Å². The molecule has 0 saturated carbocycles. The second kappa shape index (κ2) is 11.7. The normalized spacial score (nSPS) is 11.8. The number of para-hydroxylation sites is 2. The summed E-state index contributed by atoms with van der Waals surface area (Å²) in [6.45, 7) is 0. The Labute approximate surface area is 304 Å². The van der Waals surface area contributed by atoms with Gasteiger partial charge in [0, 0.05) is 38.8 Å². The smallest absolute Gasteiger partial charge is 0.227 e. The molecular formula is C49H30N2O2. The van der Waals surface area contributed by atoms with Crippen molar-refractivity contribution < 1.29 is 8.83 Å². The summed E-state index contributed by atoms with van der Waals surface area (Å²) in [4.78, 5) is 7.34. The van der Waals surface area contributed by atoms with Gasteiger partial charge in [0.1, 0.15) is 16.7 Å². The molecule has 2 heterocycles. The van der Waals surface area contributed by atoms with Gasteiger partial charge in [0.05, 0.1) is 0 Å². The van der Waals surface area contributed by atoms with E-state index >= 15 is 0 Å². The molecule has 53 heavy (non-hydrogen) atoms. The third-order valence-electron chi connectivity index (χ3n) is 10.5. The fraction of sp³-hybridized carbons (Fsp3) is 0. The van der Waals surface area contributed by atoms with Crippen molar-refractivity contribution in [3.8, 4) is 22.6 Å². The van der Waals surface area contributed by atoms with E-state index in [1.807, 2.05) is 12.1 Å². The topological polar surface area (TPSA) is 42.4 Å². The number of nitrogens with zero attached hydrogens (tertiary/aromatic N) is 2. The maximum atomic E-state index is 6.72. The monoisotopic (exact) mass is 678 g/mol. The minimum absolute atomic E-state index is 0.628. The molecule has 9 aromatic carbocycles. The standard InChI is InChI=1S/C49H30N2O2/c1-2-11-36(12-3-1)51(37-24-19-31(20-25-37)35-23-28-46-43(29-35)40-14-6-7-16-45(40)52-46)38-26-21-33-17-18-34-22-27-44-48(47(34)42(33)30-38)53-49(50-44)41-15-8-10-32-9-4-5-13-39(32)41/h1-30H. The van der Waals surface area contributed by atoms with Crippen molar-refractivity contribution in [2.45, 2.75) is 0 Å². The number of aromatic nitrogens is 1. The van der Waals surface area contributed by atoms with Gasteiger partial charge in [0.2, 0.25) is 5.89 Å². The van der Waals surface area contributed by atoms with Gasteiger partial charge in [-0.15, -0.1) is 0 Å². The Balaban J connectivity index is 1.05. The molecule has 0 amide bonds. The Hall–Kier alpha value is -7.17. The fourth-order valence-electron chi connectivity index (χ4n) is 7.91. The quantitative estimate of drug-likeness (QED) is 0.170. The van der Waals surface area contributed by atoms with Crippen LogP contribution in [0.15, 0.2) is 191 Å². The number of rotatable bonds is 5. The van der Waals surface area contributed by atoms with E-state index < -0.39 is 0 Å². The van der Waals surface area contributed by atoms with Crippen LogP contribution in [0.4, 0.5) is 17.1 Å². The fourth-order valence-corrected chi connectivity index (χ4v) is 7.91. The Morgan fingerprint density at radius 2 is 1.06 bits per heavy atom. The zero-order valence-corrected chi connectivity index (χ0v) is 28.5. The molecule has 0 atom stereocenters. The molecule has 0 aliphatic heterocycles. The molecule has 0 spiro atoms. The largest absolute Gasteiger partial charge is 0.456 e. The molecule has 0 bridgehead atoms. The number of oxazole rings is 1. The molecule has 0 unspecified atom stereocenters. The molecule has 0 aliphatic carbocycles. The average Bonchev–Trinajstić information content (AvgIpc) is 3.83. The zero-order valence-electron chi connectivity index (χ0n) is 28.5. The van der Waals surface area contributed by atoms with Gasteiger partial charge in [-0.25, -0.2) is 4.98 Å². The minimum atomic E-state index is 0.628. The Morgan fingerprint density at radius 1 is 0.396 bits per heavy atom. The molecule has 0 N–H and O–H groups in total. The third kappa shape index (κ3) is 4.80. The predicted octanol–water partition coefficient (Wildman–Crippen LogP) is 14.0. The summed E-state index contributed by atoms with van der Waals surface area (Å²) in [7, 11) is 0. The lowest BCUT2D eigenvalue weighted by Crippen LogP contribution is -2.09. The number of hydrogen-bond donors (Lipinski definition) is 0. The molecule has 11 aromatic rings. The van der Waals surface area contributed by atoms with E-state index in [4.69, 9.17) is 13.8 Å². The first-order valence-electron chi connectivity index (χ1n) is 17.9. The van der Waals surface area contributed by atoms with Crippen LogP contribution in [-0.4, -0.2) is 4.98 Å². The highest BCUT2D eigenvalue weighted by atomic mass is 16.3. The van der Waals surface area contributed by atoms with Crippen LogP contribution in [0.1, 0.15) is 0 Å². The summed E-state index contributed by atoms with van der Waals surface area (Å²) in [5.41, 5.74) is 9.94. The van der Waals surface area contributed by atoms with Gasteiger partial charge < -0.3 is 13.7 Å². The van der Waals surface area contributed by atoms with Gasteiger partial charge in [0.25, 0.3) is 0 Å². The van der Waals surface area contributed by atoms with Crippen molar-refractivity contribution >= 4 is 82.4 Å². The molecule has 11 rings (SSSR count). The Kier molecular flexibility index (Phi) is 6.52. The minimum Gasteiger partial charge on any atom is -0.456 e. The number of anilines is 3. The summed E-state index contributed by atoms with van der Waals surface area (Å²) in [6.07, 6.45) is 0. The Morgan fingerprint density at radius 3 is 1.96 bits per heavy atom. The van der Waals surface area contributed by atoms with E-state index in [1.165, 1.54) is 0 Å². The van der Waals surface area contributed by atoms with Crippen molar-refractivity contribution in [1.29, 1.82) is 0 Å². The molecule has 0 radical (unpaired) electrons. The molecule has 0 aliphatic rings. The van der Waals surface area contributed by atoms with Crippen LogP contribution in [0, 0.1) is 0 Å². The van der Waals surface area contributed by atoms with E-state index in [1.54, 1.807) is 0 Å². The predicted molar refractivity (Wildman–Crippen MR) is 219 cm³/mol. The van der Waals surface area contributed by atoms with Gasteiger partial charge in [-0.3, -0.25) is 0 Å². The summed E-state index contributed by atoms with van der Waals surface area (Å²) in [5, 5.41) is 8.97. The summed E-state index contributed by atoms with van der Waals surface area (Å²) in [6, 6.07) is 64.0. The van der Waals surface area contributed by atoms with Gasteiger partial charge in [0.15, 0.2) is 5.58 Å². The van der Waals surface area contributed by atoms with Gasteiger partial charge in [-0.2, -0.15) is 0 Å². The van der Waals surface area contributed by atoms with Crippen LogP contribution in [0.5, 0.6) is 0 Å². The number of benzene rings is 9. The summed E-state index contributed by atoms with van der Waals surface area (Å²) >= 11 is 0. The maximum absolute atomic E-state index is 6.72. The highest BCUT2D eigenvalue weighted by Gasteiger charge is 2.18. The summed E-state index contributed by atoms with van der Waals surface area (Å²) < 4.78 is 12.8. The maximum Gasteiger partial charge on any atom is 0.227 e. The lowest BCUT2D eigenvalue weighted by atomic mass is 9.99. The second-order valence-corrected chi connectivity index (χ2v) is 13.6. The number of hydrogen-bond acceptors (Lipinski definition) is 4. The van der Waals surface area contributed by atoms with Crippen molar-refractivity contribution in [2.75, 3.05) is 4.90 Å². The third-order valence-corrected chi connectivity index (χ3v) is 10.5. The molecule has 4 heteroatoms. The van der Waals surface area contributed by atoms with Gasteiger partial charge in [-0.1, -0.05) is 115 Å². The Bertz CT molecular complexity index is 3170. The van der Waals surface area contributed by atoms with Gasteiger partial charge in [-0.05, 0) is 105 Å². The molecule has 0 saturated heterocycles. The zero-order chi connectivity index (χ0) is 34.9. The first-order valence-corrected chi connectivity index (χ1v) is 17.9. The molecule has 0 fully saturated rings. The number of fused-ring (bicyclic) bond motifs is 9. The van der Waals surface area contributed by atoms with E-state index in [-0.39, 0.29) is 0 Å².